The first-order valence-electron chi connectivity index (χ1n) is 11.4. The Morgan fingerprint density at radius 2 is 1.38 bits per heavy atom. The molecule has 0 N–H and O–H groups in total. The van der Waals surface area contributed by atoms with E-state index in [-0.39, 0.29) is 11.7 Å². The predicted molar refractivity (Wildman–Crippen MR) is 112 cm³/mol. The van der Waals surface area contributed by atoms with Crippen LogP contribution in [0.25, 0.3) is 0 Å². The zero-order valence-electron chi connectivity index (χ0n) is 18.2. The highest BCUT2D eigenvalue weighted by molar-refractivity contribution is 5.68. The molecule has 0 saturated carbocycles. The molecule has 1 unspecified atom stereocenters. The highest BCUT2D eigenvalue weighted by Crippen LogP contribution is 2.25. The second kappa shape index (κ2) is 13.4. The van der Waals surface area contributed by atoms with Crippen molar-refractivity contribution in [1.29, 1.82) is 0 Å². The van der Waals surface area contributed by atoms with Crippen LogP contribution in [-0.2, 0) is 4.74 Å². The summed E-state index contributed by atoms with van der Waals surface area (Å²) in [6.45, 7) is 8.99. The molecular weight excluding hydrogens is 322 g/mol. The predicted octanol–water partition coefficient (Wildman–Crippen LogP) is 7.48. The molecule has 0 bridgehead atoms. The maximum atomic E-state index is 12.3. The van der Waals surface area contributed by atoms with E-state index in [2.05, 4.69) is 6.92 Å². The van der Waals surface area contributed by atoms with Gasteiger partial charge in [-0.1, -0.05) is 84.0 Å². The molecule has 1 aliphatic rings. The highest BCUT2D eigenvalue weighted by atomic mass is 16.6. The molecule has 3 nitrogen and oxygen atoms in total. The van der Waals surface area contributed by atoms with Crippen LogP contribution < -0.4 is 0 Å². The smallest absolute Gasteiger partial charge is 0.410 e. The van der Waals surface area contributed by atoms with Gasteiger partial charge in [-0.25, -0.2) is 4.79 Å². The van der Waals surface area contributed by atoms with Gasteiger partial charge in [-0.05, 0) is 40.0 Å². The van der Waals surface area contributed by atoms with Crippen molar-refractivity contribution in [2.24, 2.45) is 0 Å². The number of hydrogen-bond donors (Lipinski definition) is 0. The van der Waals surface area contributed by atoms with Crippen molar-refractivity contribution >= 4 is 6.09 Å². The Morgan fingerprint density at radius 1 is 0.885 bits per heavy atom. The van der Waals surface area contributed by atoms with Gasteiger partial charge < -0.3 is 9.64 Å². The van der Waals surface area contributed by atoms with Gasteiger partial charge in [-0.2, -0.15) is 0 Å². The monoisotopic (exact) mass is 367 g/mol. The van der Waals surface area contributed by atoms with Crippen LogP contribution in [0.5, 0.6) is 0 Å². The summed E-state index contributed by atoms with van der Waals surface area (Å²) in [5.74, 6) is 0. The van der Waals surface area contributed by atoms with Crippen LogP contribution >= 0.6 is 0 Å². The number of rotatable bonds is 13. The van der Waals surface area contributed by atoms with Crippen LogP contribution in [0.4, 0.5) is 4.79 Å². The highest BCUT2D eigenvalue weighted by Gasteiger charge is 2.31. The van der Waals surface area contributed by atoms with Crippen molar-refractivity contribution in [3.63, 3.8) is 0 Å². The van der Waals surface area contributed by atoms with Crippen LogP contribution in [0.3, 0.4) is 0 Å². The van der Waals surface area contributed by atoms with Gasteiger partial charge in [-0.3, -0.25) is 0 Å². The maximum absolute atomic E-state index is 12.3. The molecule has 1 rings (SSSR count). The SMILES string of the molecule is CCCCCCCCCCCCCCC1CCCN1C(=O)OC(C)(C)C. The summed E-state index contributed by atoms with van der Waals surface area (Å²) < 4.78 is 5.55. The summed E-state index contributed by atoms with van der Waals surface area (Å²) in [5, 5.41) is 0. The summed E-state index contributed by atoms with van der Waals surface area (Å²) >= 11 is 0. The van der Waals surface area contributed by atoms with Crippen LogP contribution in [0.2, 0.25) is 0 Å². The van der Waals surface area contributed by atoms with E-state index in [1.54, 1.807) is 0 Å². The number of carbonyl (C=O) groups excluding carboxylic acids is 1. The first-order chi connectivity index (χ1) is 12.4. The third-order valence-electron chi connectivity index (χ3n) is 5.40. The average molecular weight is 368 g/mol. The molecule has 3 heteroatoms. The molecule has 1 heterocycles. The first-order valence-corrected chi connectivity index (χ1v) is 11.4. The van der Waals surface area contributed by atoms with Crippen LogP contribution in [0.15, 0.2) is 0 Å². The third kappa shape index (κ3) is 11.1. The molecule has 0 radical (unpaired) electrons. The fourth-order valence-corrected chi connectivity index (χ4v) is 3.92. The lowest BCUT2D eigenvalue weighted by Crippen LogP contribution is -2.39. The molecule has 0 aromatic heterocycles. The summed E-state index contributed by atoms with van der Waals surface area (Å²) in [7, 11) is 0. The molecule has 1 fully saturated rings. The maximum Gasteiger partial charge on any atom is 0.410 e. The number of hydrogen-bond acceptors (Lipinski definition) is 2. The fourth-order valence-electron chi connectivity index (χ4n) is 3.92. The minimum atomic E-state index is -0.389. The molecule has 0 aromatic carbocycles. The van der Waals surface area contributed by atoms with Gasteiger partial charge in [0, 0.05) is 12.6 Å². The minimum Gasteiger partial charge on any atom is -0.444 e. The Hall–Kier alpha value is -0.730. The van der Waals surface area contributed by atoms with E-state index in [0.29, 0.717) is 6.04 Å². The van der Waals surface area contributed by atoms with Crippen molar-refractivity contribution in [3.05, 3.63) is 0 Å². The van der Waals surface area contributed by atoms with Gasteiger partial charge in [0.1, 0.15) is 5.60 Å². The number of amides is 1. The van der Waals surface area contributed by atoms with Crippen molar-refractivity contribution in [3.8, 4) is 0 Å². The Kier molecular flexibility index (Phi) is 12.0. The average Bonchev–Trinajstić information content (AvgIpc) is 3.03. The van der Waals surface area contributed by atoms with E-state index in [0.717, 1.165) is 25.8 Å². The molecule has 0 aromatic rings. The van der Waals surface area contributed by atoms with Gasteiger partial charge in [0.25, 0.3) is 0 Å². The van der Waals surface area contributed by atoms with E-state index in [1.807, 2.05) is 25.7 Å². The van der Waals surface area contributed by atoms with E-state index in [1.165, 1.54) is 77.0 Å². The Morgan fingerprint density at radius 3 is 1.88 bits per heavy atom. The molecule has 26 heavy (non-hydrogen) atoms. The molecule has 1 saturated heterocycles. The van der Waals surface area contributed by atoms with Gasteiger partial charge >= 0.3 is 6.09 Å². The Labute approximate surface area is 163 Å². The standard InChI is InChI=1S/C23H45NO2/c1-5-6-7-8-9-10-11-12-13-14-15-16-18-21-19-17-20-24(21)22(25)26-23(2,3)4/h21H,5-20H2,1-4H3. The lowest BCUT2D eigenvalue weighted by atomic mass is 10.0. The lowest BCUT2D eigenvalue weighted by Gasteiger charge is -2.28. The quantitative estimate of drug-likeness (QED) is 0.316. The third-order valence-corrected chi connectivity index (χ3v) is 5.40. The topological polar surface area (TPSA) is 29.5 Å². The lowest BCUT2D eigenvalue weighted by molar-refractivity contribution is 0.0218. The van der Waals surface area contributed by atoms with Crippen LogP contribution in [0, 0.1) is 0 Å². The van der Waals surface area contributed by atoms with E-state index in [4.69, 9.17) is 4.74 Å². The summed E-state index contributed by atoms with van der Waals surface area (Å²) in [6, 6.07) is 0.410. The number of carbonyl (C=O) groups is 1. The Bertz CT molecular complexity index is 362. The zero-order valence-corrected chi connectivity index (χ0v) is 18.2. The van der Waals surface area contributed by atoms with Crippen LogP contribution in [0.1, 0.15) is 124 Å². The van der Waals surface area contributed by atoms with Crippen LogP contribution in [-0.4, -0.2) is 29.2 Å². The number of ether oxygens (including phenoxy) is 1. The van der Waals surface area contributed by atoms with Gasteiger partial charge in [0.15, 0.2) is 0 Å². The van der Waals surface area contributed by atoms with E-state index in [9.17, 15) is 4.79 Å². The largest absolute Gasteiger partial charge is 0.444 e. The molecule has 1 atom stereocenters. The Balaban J connectivity index is 1.99. The molecule has 1 aliphatic heterocycles. The fraction of sp³-hybridized carbons (Fsp3) is 0.957. The number of likely N-dealkylation sites (tertiary alicyclic amines) is 1. The molecular formula is C23H45NO2. The number of unbranched alkanes of at least 4 members (excludes halogenated alkanes) is 11. The summed E-state index contributed by atoms with van der Waals surface area (Å²) in [4.78, 5) is 14.3. The van der Waals surface area contributed by atoms with Gasteiger partial charge in [0.05, 0.1) is 0 Å². The summed E-state index contributed by atoms with van der Waals surface area (Å²) in [5.41, 5.74) is -0.389. The minimum absolute atomic E-state index is 0.112. The van der Waals surface area contributed by atoms with Crippen molar-refractivity contribution in [2.75, 3.05) is 6.54 Å². The normalized spacial score (nSPS) is 17.7. The van der Waals surface area contributed by atoms with Gasteiger partial charge in [0.2, 0.25) is 0 Å². The first kappa shape index (κ1) is 23.3. The van der Waals surface area contributed by atoms with Gasteiger partial charge in [-0.15, -0.1) is 0 Å². The number of nitrogens with zero attached hydrogens (tertiary/aromatic N) is 1. The molecule has 154 valence electrons. The zero-order chi connectivity index (χ0) is 19.3. The van der Waals surface area contributed by atoms with Crippen molar-refractivity contribution < 1.29 is 9.53 Å². The molecule has 0 aliphatic carbocycles. The van der Waals surface area contributed by atoms with E-state index < -0.39 is 0 Å². The van der Waals surface area contributed by atoms with E-state index >= 15 is 0 Å². The second-order valence-electron chi connectivity index (χ2n) is 9.15. The summed E-state index contributed by atoms with van der Waals surface area (Å²) in [6.07, 6.45) is 19.9. The van der Waals surface area contributed by atoms with Crippen molar-refractivity contribution in [1.82, 2.24) is 4.90 Å². The molecule has 1 amide bonds. The van der Waals surface area contributed by atoms with Crippen molar-refractivity contribution in [2.45, 2.75) is 136 Å². The second-order valence-corrected chi connectivity index (χ2v) is 9.15. The molecule has 0 spiro atoms.